The molecule has 2 aliphatic carbocycles. The average molecular weight is 1240 g/mol. The first kappa shape index (κ1) is 60.6. The third-order valence-corrected chi connectivity index (χ3v) is 21.4. The Morgan fingerprint density at radius 1 is 0.229 bits per heavy atom. The van der Waals surface area contributed by atoms with Gasteiger partial charge in [0.2, 0.25) is 0 Å². The first-order valence-corrected chi connectivity index (χ1v) is 35.2. The van der Waals surface area contributed by atoms with Gasteiger partial charge in [-0.25, -0.2) is 0 Å². The number of hydrogen-bond acceptors (Lipinski definition) is 2. The minimum Gasteiger partial charge on any atom is -0.494 e. The molecule has 2 nitrogen and oxygen atoms in total. The third-order valence-electron chi connectivity index (χ3n) is 21.4. The van der Waals surface area contributed by atoms with Gasteiger partial charge in [0.25, 0.3) is 0 Å². The quantitative estimate of drug-likeness (QED) is 0.0593. The van der Waals surface area contributed by atoms with Crippen LogP contribution in [0, 0.1) is 0 Å². The standard InChI is InChI=1S/C94H82O2/c1-7-9-11-21-55-95-71-47-39-63(40-48-71)61-31-35-65(36-32-61)89-77-23-13-17-27-81(77)91(82-28-18-14-24-78(82)89)69-45-53-75-73-51-43-67(57-85(73)93(3,4)87(75)59-69)68-44-52-74-76-54-46-70(60-88(76)94(5,6)86(74)58-68)92-83-29-19-15-25-79(83)90(80-26-16-20-30-84(80)92)66-37-33-62(34-38-66)64-41-49-72(50-42-64)96-56-22-12-10-8-2/h13-20,23-54,57-60H,7-12,21-22,55-56H2,1-6H3. The van der Waals surface area contributed by atoms with Crippen molar-refractivity contribution in [1.82, 2.24) is 0 Å². The molecule has 2 heteroatoms. The summed E-state index contributed by atoms with van der Waals surface area (Å²) in [6, 6.07) is 101. The molecule has 14 aromatic rings. The maximum absolute atomic E-state index is 6.08. The second-order valence-corrected chi connectivity index (χ2v) is 28.0. The van der Waals surface area contributed by atoms with E-state index in [1.165, 1.54) is 204 Å². The maximum atomic E-state index is 6.08. The largest absolute Gasteiger partial charge is 0.494 e. The van der Waals surface area contributed by atoms with Gasteiger partial charge in [0.15, 0.2) is 0 Å². The van der Waals surface area contributed by atoms with E-state index >= 15 is 0 Å². The third kappa shape index (κ3) is 10.7. The lowest BCUT2D eigenvalue weighted by molar-refractivity contribution is 0.305. The normalized spacial score (nSPS) is 13.3. The summed E-state index contributed by atoms with van der Waals surface area (Å²) in [4.78, 5) is 0. The van der Waals surface area contributed by atoms with Gasteiger partial charge in [-0.2, -0.15) is 0 Å². The zero-order chi connectivity index (χ0) is 65.1. The molecule has 0 amide bonds. The van der Waals surface area contributed by atoms with Gasteiger partial charge in [-0.15, -0.1) is 0 Å². The molecular weight excluding hydrogens is 1160 g/mol. The van der Waals surface area contributed by atoms with Crippen molar-refractivity contribution in [2.75, 3.05) is 13.2 Å². The molecule has 0 atom stereocenters. The molecule has 0 unspecified atom stereocenters. The van der Waals surface area contributed by atoms with E-state index in [-0.39, 0.29) is 10.8 Å². The Kier molecular flexibility index (Phi) is 15.9. The molecule has 0 N–H and O–H groups in total. The molecule has 0 saturated carbocycles. The van der Waals surface area contributed by atoms with E-state index in [0.717, 1.165) is 37.6 Å². The van der Waals surface area contributed by atoms with E-state index in [9.17, 15) is 0 Å². The number of rotatable bonds is 19. The molecule has 96 heavy (non-hydrogen) atoms. The molecule has 470 valence electrons. The second-order valence-electron chi connectivity index (χ2n) is 28.0. The van der Waals surface area contributed by atoms with Crippen LogP contribution in [0.25, 0.3) is 143 Å². The summed E-state index contributed by atoms with van der Waals surface area (Å²) in [5.41, 5.74) is 27.6. The summed E-state index contributed by atoms with van der Waals surface area (Å²) in [7, 11) is 0. The summed E-state index contributed by atoms with van der Waals surface area (Å²) in [5, 5.41) is 10.1. The number of ether oxygens (including phenoxy) is 2. The Morgan fingerprint density at radius 2 is 0.458 bits per heavy atom. The highest BCUT2D eigenvalue weighted by molar-refractivity contribution is 6.23. The topological polar surface area (TPSA) is 18.5 Å². The Labute approximate surface area is 566 Å². The van der Waals surface area contributed by atoms with Crippen LogP contribution in [0.15, 0.2) is 267 Å². The van der Waals surface area contributed by atoms with Crippen LogP contribution < -0.4 is 9.47 Å². The number of fused-ring (bicyclic) bond motifs is 10. The summed E-state index contributed by atoms with van der Waals surface area (Å²) in [6.45, 7) is 15.7. The molecule has 0 aromatic heterocycles. The zero-order valence-electron chi connectivity index (χ0n) is 56.3. The van der Waals surface area contributed by atoms with Crippen LogP contribution in [0.1, 0.15) is 115 Å². The number of hydrogen-bond donors (Lipinski definition) is 0. The Hall–Kier alpha value is -10.3. The van der Waals surface area contributed by atoms with Gasteiger partial charge in [-0.05, 0) is 227 Å². The lowest BCUT2D eigenvalue weighted by Gasteiger charge is -2.24. The molecule has 0 spiro atoms. The highest BCUT2D eigenvalue weighted by Gasteiger charge is 2.39. The maximum Gasteiger partial charge on any atom is 0.119 e. The van der Waals surface area contributed by atoms with E-state index in [1.54, 1.807) is 0 Å². The summed E-state index contributed by atoms with van der Waals surface area (Å²) >= 11 is 0. The van der Waals surface area contributed by atoms with Crippen molar-refractivity contribution in [1.29, 1.82) is 0 Å². The van der Waals surface area contributed by atoms with Gasteiger partial charge in [0.05, 0.1) is 13.2 Å². The smallest absolute Gasteiger partial charge is 0.119 e. The van der Waals surface area contributed by atoms with Crippen LogP contribution in [-0.4, -0.2) is 13.2 Å². The highest BCUT2D eigenvalue weighted by Crippen LogP contribution is 2.55. The van der Waals surface area contributed by atoms with Crippen molar-refractivity contribution in [2.24, 2.45) is 0 Å². The van der Waals surface area contributed by atoms with E-state index < -0.39 is 0 Å². The Morgan fingerprint density at radius 3 is 0.740 bits per heavy atom. The zero-order valence-corrected chi connectivity index (χ0v) is 56.3. The predicted molar refractivity (Wildman–Crippen MR) is 409 cm³/mol. The fourth-order valence-corrected chi connectivity index (χ4v) is 16.2. The predicted octanol–water partition coefficient (Wildman–Crippen LogP) is 26.5. The molecule has 2 aliphatic rings. The highest BCUT2D eigenvalue weighted by atomic mass is 16.5. The molecule has 0 fully saturated rings. The molecule has 16 rings (SSSR count). The van der Waals surface area contributed by atoms with Crippen molar-refractivity contribution in [3.8, 4) is 112 Å². The average Bonchev–Trinajstić information content (AvgIpc) is 1.24. The molecule has 0 aliphatic heterocycles. The van der Waals surface area contributed by atoms with Crippen molar-refractivity contribution >= 4 is 43.1 Å². The van der Waals surface area contributed by atoms with Gasteiger partial charge >= 0.3 is 0 Å². The van der Waals surface area contributed by atoms with Crippen molar-refractivity contribution in [3.05, 3.63) is 289 Å². The molecule has 0 radical (unpaired) electrons. The van der Waals surface area contributed by atoms with Gasteiger partial charge in [0, 0.05) is 10.8 Å². The van der Waals surface area contributed by atoms with Gasteiger partial charge in [-0.3, -0.25) is 0 Å². The first-order valence-electron chi connectivity index (χ1n) is 35.2. The van der Waals surface area contributed by atoms with E-state index in [2.05, 4.69) is 308 Å². The van der Waals surface area contributed by atoms with Gasteiger partial charge in [-0.1, -0.05) is 298 Å². The minimum atomic E-state index is -0.234. The van der Waals surface area contributed by atoms with Crippen LogP contribution in [0.2, 0.25) is 0 Å². The van der Waals surface area contributed by atoms with Gasteiger partial charge < -0.3 is 9.47 Å². The van der Waals surface area contributed by atoms with Crippen LogP contribution in [-0.2, 0) is 10.8 Å². The molecule has 14 aromatic carbocycles. The second kappa shape index (κ2) is 25.1. The fraction of sp³-hybridized carbons (Fsp3) is 0.191. The summed E-state index contributed by atoms with van der Waals surface area (Å²) in [5.74, 6) is 1.87. The number of unbranched alkanes of at least 4 members (excludes halogenated alkanes) is 6. The van der Waals surface area contributed by atoms with E-state index in [0.29, 0.717) is 0 Å². The molecule has 0 saturated heterocycles. The van der Waals surface area contributed by atoms with Crippen molar-refractivity contribution < 1.29 is 9.47 Å². The van der Waals surface area contributed by atoms with Crippen LogP contribution in [0.5, 0.6) is 11.5 Å². The van der Waals surface area contributed by atoms with Crippen LogP contribution in [0.3, 0.4) is 0 Å². The lowest BCUT2D eigenvalue weighted by Crippen LogP contribution is -2.15. The first-order chi connectivity index (χ1) is 47.0. The molecular formula is C94H82O2. The monoisotopic (exact) mass is 1240 g/mol. The van der Waals surface area contributed by atoms with Crippen molar-refractivity contribution in [3.63, 3.8) is 0 Å². The van der Waals surface area contributed by atoms with E-state index in [1.807, 2.05) is 0 Å². The number of benzene rings is 14. The van der Waals surface area contributed by atoms with Crippen LogP contribution >= 0.6 is 0 Å². The fourth-order valence-electron chi connectivity index (χ4n) is 16.2. The summed E-state index contributed by atoms with van der Waals surface area (Å²) < 4.78 is 12.2. The van der Waals surface area contributed by atoms with Gasteiger partial charge in [0.1, 0.15) is 11.5 Å². The van der Waals surface area contributed by atoms with E-state index in [4.69, 9.17) is 9.47 Å². The summed E-state index contributed by atoms with van der Waals surface area (Å²) in [6.07, 6.45) is 9.61. The molecule has 0 bridgehead atoms. The Balaban J connectivity index is 0.679. The SMILES string of the molecule is CCCCCCOc1ccc(-c2ccc(-c3c4ccccc4c(-c4ccc5c(c4)C(C)(C)c4cc(-c6ccc7c(c6)C(C)(C)c6cc(-c8c9ccccc9c(-c9ccc(-c%10ccc(OCCCCCC)cc%10)cc9)c9ccccc89)ccc6-7)ccc4-5)c4ccccc34)cc2)cc1. The van der Waals surface area contributed by atoms with Crippen LogP contribution in [0.4, 0.5) is 0 Å². The minimum absolute atomic E-state index is 0.234. The van der Waals surface area contributed by atoms with Crippen molar-refractivity contribution in [2.45, 2.75) is 104 Å². The lowest BCUT2D eigenvalue weighted by atomic mass is 9.79. The molecule has 0 heterocycles. The Bertz CT molecular complexity index is 4830.